The van der Waals surface area contributed by atoms with E-state index in [0.717, 1.165) is 17.2 Å². The Labute approximate surface area is 134 Å². The molecule has 0 radical (unpaired) electrons. The molecule has 1 N–H and O–H groups in total. The molecule has 1 aromatic heterocycles. The molecule has 10 heteroatoms. The second-order valence-corrected chi connectivity index (χ2v) is 5.21. The Hall–Kier alpha value is -3.56. The van der Waals surface area contributed by atoms with Crippen molar-refractivity contribution >= 4 is 33.8 Å². The predicted molar refractivity (Wildman–Crippen MR) is 84.3 cm³/mol. The Morgan fingerprint density at radius 1 is 1.00 bits per heavy atom. The van der Waals surface area contributed by atoms with E-state index >= 15 is 0 Å². The first-order chi connectivity index (χ1) is 11.4. The van der Waals surface area contributed by atoms with Gasteiger partial charge in [0.2, 0.25) is 5.52 Å². The number of fused-ring (bicyclic) bond motifs is 1. The Balaban J connectivity index is 2.27. The van der Waals surface area contributed by atoms with Gasteiger partial charge in [0, 0.05) is 5.69 Å². The lowest BCUT2D eigenvalue weighted by atomic mass is 10.1. The number of non-ortho nitro benzene ring substituents is 1. The minimum Gasteiger partial charge on any atom is -0.348 e. The van der Waals surface area contributed by atoms with Crippen LogP contribution in [0.3, 0.4) is 0 Å². The van der Waals surface area contributed by atoms with E-state index in [0.29, 0.717) is 5.69 Å². The van der Waals surface area contributed by atoms with Crippen LogP contribution in [-0.4, -0.2) is 20.2 Å². The number of hydrogen-bond acceptors (Lipinski definition) is 8. The number of hydrogen-bond donors (Lipinski definition) is 1. The second-order valence-electron chi connectivity index (χ2n) is 5.21. The zero-order valence-corrected chi connectivity index (χ0v) is 12.6. The van der Waals surface area contributed by atoms with Crippen LogP contribution in [0.25, 0.3) is 11.0 Å². The first-order valence-electron chi connectivity index (χ1n) is 6.81. The van der Waals surface area contributed by atoms with Crippen molar-refractivity contribution in [2.45, 2.75) is 13.8 Å². The van der Waals surface area contributed by atoms with Gasteiger partial charge < -0.3 is 5.32 Å². The first-order valence-corrected chi connectivity index (χ1v) is 6.81. The molecular formula is C14H11N5O5. The Bertz CT molecular complexity index is 981. The van der Waals surface area contributed by atoms with Crippen molar-refractivity contribution < 1.29 is 14.5 Å². The van der Waals surface area contributed by atoms with Crippen LogP contribution in [-0.2, 0) is 0 Å². The number of aryl methyl sites for hydroxylation is 2. The van der Waals surface area contributed by atoms with Crippen LogP contribution in [0.5, 0.6) is 0 Å². The van der Waals surface area contributed by atoms with E-state index in [4.69, 9.17) is 0 Å². The molecule has 0 saturated heterocycles. The zero-order valence-electron chi connectivity index (χ0n) is 12.6. The smallest absolute Gasteiger partial charge is 0.307 e. The monoisotopic (exact) mass is 329 g/mol. The number of nitrogens with zero attached hydrogens (tertiary/aromatic N) is 4. The van der Waals surface area contributed by atoms with Gasteiger partial charge in [-0.15, -0.1) is 0 Å². The van der Waals surface area contributed by atoms with E-state index in [1.807, 2.05) is 26.0 Å². The standard InChI is InChI=1S/C14H11N5O5/c1-7-3-4-8(2)9(5-7)15-12-10(18(20)21)6-11(19(22)23)13-14(12)17-24-16-13/h3-6,15H,1-2H3. The molecule has 3 aromatic rings. The number of nitro groups is 2. The van der Waals surface area contributed by atoms with Gasteiger partial charge in [-0.2, -0.15) is 0 Å². The maximum Gasteiger partial charge on any atom is 0.307 e. The highest BCUT2D eigenvalue weighted by Crippen LogP contribution is 2.39. The third-order valence-corrected chi connectivity index (χ3v) is 3.54. The molecule has 0 aliphatic heterocycles. The average molecular weight is 329 g/mol. The third-order valence-electron chi connectivity index (χ3n) is 3.54. The van der Waals surface area contributed by atoms with Crippen molar-refractivity contribution in [3.8, 4) is 0 Å². The summed E-state index contributed by atoms with van der Waals surface area (Å²) >= 11 is 0. The lowest BCUT2D eigenvalue weighted by molar-refractivity contribution is -0.392. The molecule has 1 heterocycles. The van der Waals surface area contributed by atoms with Gasteiger partial charge in [0.1, 0.15) is 5.69 Å². The van der Waals surface area contributed by atoms with Gasteiger partial charge in [0.05, 0.1) is 15.9 Å². The fraction of sp³-hybridized carbons (Fsp3) is 0.143. The highest BCUT2D eigenvalue weighted by molar-refractivity contribution is 6.00. The largest absolute Gasteiger partial charge is 0.348 e. The van der Waals surface area contributed by atoms with Gasteiger partial charge in [-0.3, -0.25) is 20.2 Å². The van der Waals surface area contributed by atoms with Gasteiger partial charge in [-0.05, 0) is 41.4 Å². The Morgan fingerprint density at radius 2 is 1.67 bits per heavy atom. The van der Waals surface area contributed by atoms with Crippen LogP contribution < -0.4 is 5.32 Å². The van der Waals surface area contributed by atoms with Crippen molar-refractivity contribution in [3.63, 3.8) is 0 Å². The van der Waals surface area contributed by atoms with Crippen LogP contribution in [0.2, 0.25) is 0 Å². The molecular weight excluding hydrogens is 318 g/mol. The van der Waals surface area contributed by atoms with Crippen LogP contribution in [0.4, 0.5) is 22.7 Å². The summed E-state index contributed by atoms with van der Waals surface area (Å²) in [6.07, 6.45) is 0. The lowest BCUT2D eigenvalue weighted by Crippen LogP contribution is -2.02. The van der Waals surface area contributed by atoms with E-state index in [9.17, 15) is 20.2 Å². The highest BCUT2D eigenvalue weighted by Gasteiger charge is 2.29. The molecule has 0 atom stereocenters. The number of nitrogens with one attached hydrogen (secondary N) is 1. The van der Waals surface area contributed by atoms with E-state index in [2.05, 4.69) is 20.3 Å². The van der Waals surface area contributed by atoms with Crippen molar-refractivity contribution in [1.29, 1.82) is 0 Å². The van der Waals surface area contributed by atoms with Crippen LogP contribution >= 0.6 is 0 Å². The van der Waals surface area contributed by atoms with Crippen LogP contribution in [0, 0.1) is 34.1 Å². The molecule has 0 saturated carbocycles. The molecule has 0 spiro atoms. The van der Waals surface area contributed by atoms with Crippen molar-refractivity contribution in [3.05, 3.63) is 55.6 Å². The normalized spacial score (nSPS) is 10.8. The third kappa shape index (κ3) is 2.49. The summed E-state index contributed by atoms with van der Waals surface area (Å²) in [7, 11) is 0. The summed E-state index contributed by atoms with van der Waals surface area (Å²) in [4.78, 5) is 21.0. The quantitative estimate of drug-likeness (QED) is 0.567. The molecule has 0 aliphatic rings. The number of benzene rings is 2. The van der Waals surface area contributed by atoms with E-state index in [1.165, 1.54) is 0 Å². The molecule has 0 aliphatic carbocycles. The van der Waals surface area contributed by atoms with Gasteiger partial charge in [0.15, 0.2) is 5.52 Å². The molecule has 0 fully saturated rings. The van der Waals surface area contributed by atoms with E-state index in [1.54, 1.807) is 6.07 Å². The molecule has 0 amide bonds. The molecule has 122 valence electrons. The van der Waals surface area contributed by atoms with E-state index in [-0.39, 0.29) is 16.7 Å². The SMILES string of the molecule is Cc1ccc(C)c(Nc2c([N+](=O)[O-])cc([N+](=O)[O-])c3nonc23)c1. The molecule has 0 bridgehead atoms. The summed E-state index contributed by atoms with van der Waals surface area (Å²) in [5, 5.41) is 32.5. The fourth-order valence-corrected chi connectivity index (χ4v) is 2.32. The highest BCUT2D eigenvalue weighted by atomic mass is 16.6. The Kier molecular flexibility index (Phi) is 3.56. The van der Waals surface area contributed by atoms with E-state index < -0.39 is 21.2 Å². The first kappa shape index (κ1) is 15.3. The summed E-state index contributed by atoms with van der Waals surface area (Å²) in [6, 6.07) is 6.41. The van der Waals surface area contributed by atoms with Crippen molar-refractivity contribution in [2.24, 2.45) is 0 Å². The second kappa shape index (κ2) is 5.57. The van der Waals surface area contributed by atoms with Gasteiger partial charge in [0.25, 0.3) is 0 Å². The minimum atomic E-state index is -0.763. The van der Waals surface area contributed by atoms with Crippen molar-refractivity contribution in [1.82, 2.24) is 10.3 Å². The van der Waals surface area contributed by atoms with Gasteiger partial charge in [-0.1, -0.05) is 12.1 Å². The number of nitro benzene ring substituents is 2. The summed E-state index contributed by atoms with van der Waals surface area (Å²) in [5.74, 6) is 0. The topological polar surface area (TPSA) is 137 Å². The zero-order chi connectivity index (χ0) is 17.4. The Morgan fingerprint density at radius 3 is 2.33 bits per heavy atom. The molecule has 24 heavy (non-hydrogen) atoms. The fourth-order valence-electron chi connectivity index (χ4n) is 2.32. The van der Waals surface area contributed by atoms with Gasteiger partial charge >= 0.3 is 11.4 Å². The minimum absolute atomic E-state index is 0.00412. The molecule has 3 rings (SSSR count). The van der Waals surface area contributed by atoms with Gasteiger partial charge in [-0.25, -0.2) is 4.63 Å². The molecule has 0 unspecified atom stereocenters. The average Bonchev–Trinajstić information content (AvgIpc) is 2.99. The van der Waals surface area contributed by atoms with Crippen molar-refractivity contribution in [2.75, 3.05) is 5.32 Å². The maximum atomic E-state index is 11.4. The maximum absolute atomic E-state index is 11.4. The molecule has 10 nitrogen and oxygen atoms in total. The van der Waals surface area contributed by atoms with Crippen LogP contribution in [0.1, 0.15) is 11.1 Å². The number of anilines is 2. The predicted octanol–water partition coefficient (Wildman–Crippen LogP) is 3.40. The summed E-state index contributed by atoms with van der Waals surface area (Å²) in [5.41, 5.74) is 1.16. The number of aromatic nitrogens is 2. The summed E-state index contributed by atoms with van der Waals surface area (Å²) in [6.45, 7) is 3.71. The van der Waals surface area contributed by atoms with Crippen LogP contribution in [0.15, 0.2) is 28.9 Å². The lowest BCUT2D eigenvalue weighted by Gasteiger charge is -2.11. The summed E-state index contributed by atoms with van der Waals surface area (Å²) < 4.78 is 4.56. The molecule has 2 aromatic carbocycles. The number of rotatable bonds is 4.